The number of nitrogens with zero attached hydrogens (tertiary/aromatic N) is 3. The van der Waals surface area contributed by atoms with Gasteiger partial charge in [-0.15, -0.1) is 0 Å². The molecule has 2 heterocycles. The van der Waals surface area contributed by atoms with Crippen LogP contribution in [0.15, 0.2) is 34.9 Å². The van der Waals surface area contributed by atoms with E-state index in [9.17, 15) is 4.79 Å². The first-order valence-corrected chi connectivity index (χ1v) is 7.91. The quantitative estimate of drug-likeness (QED) is 0.930. The fourth-order valence-corrected chi connectivity index (χ4v) is 2.74. The Balaban J connectivity index is 1.52. The largest absolute Gasteiger partial charge is 0.465 e. The fraction of sp³-hybridized carbons (Fsp3) is 0.375. The molecule has 0 unspecified atom stereocenters. The highest BCUT2D eigenvalue weighted by atomic mass is 35.5. The Labute approximate surface area is 139 Å². The van der Waals surface area contributed by atoms with Crippen LogP contribution in [-0.2, 0) is 6.42 Å². The molecule has 1 N–H and O–H groups in total. The van der Waals surface area contributed by atoms with E-state index < -0.39 is 6.09 Å². The van der Waals surface area contributed by atoms with Crippen LogP contribution in [0.3, 0.4) is 0 Å². The summed E-state index contributed by atoms with van der Waals surface area (Å²) < 4.78 is 5.39. The molecular formula is C16H18ClN3O3. The normalized spacial score (nSPS) is 15.8. The van der Waals surface area contributed by atoms with E-state index in [1.165, 1.54) is 4.90 Å². The summed E-state index contributed by atoms with van der Waals surface area (Å²) in [4.78, 5) is 14.6. The van der Waals surface area contributed by atoms with Crippen LogP contribution < -0.4 is 0 Å². The van der Waals surface area contributed by atoms with E-state index >= 15 is 0 Å². The van der Waals surface area contributed by atoms with Crippen molar-refractivity contribution in [3.8, 4) is 11.3 Å². The maximum absolute atomic E-state index is 10.9. The highest BCUT2D eigenvalue weighted by molar-refractivity contribution is 6.30. The van der Waals surface area contributed by atoms with Gasteiger partial charge in [-0.25, -0.2) is 4.79 Å². The standard InChI is InChI=1S/C16H18ClN3O3/c17-13-3-1-12(2-4-13)15-11-14(23-18-15)5-6-19-7-9-20(10-8-19)16(21)22/h1-4,11H,5-10H2,(H,21,22). The van der Waals surface area contributed by atoms with Crippen molar-refractivity contribution in [2.75, 3.05) is 32.7 Å². The lowest BCUT2D eigenvalue weighted by Gasteiger charge is -2.32. The predicted molar refractivity (Wildman–Crippen MR) is 86.7 cm³/mol. The number of rotatable bonds is 4. The van der Waals surface area contributed by atoms with Gasteiger partial charge >= 0.3 is 6.09 Å². The number of piperazine rings is 1. The third kappa shape index (κ3) is 4.03. The minimum absolute atomic E-state index is 0.557. The SMILES string of the molecule is O=C(O)N1CCN(CCc2cc(-c3ccc(Cl)cc3)no2)CC1. The van der Waals surface area contributed by atoms with Crippen LogP contribution in [0.2, 0.25) is 5.02 Å². The molecular weight excluding hydrogens is 318 g/mol. The van der Waals surface area contributed by atoms with Gasteiger partial charge in [0, 0.05) is 55.8 Å². The molecule has 122 valence electrons. The molecule has 1 aliphatic heterocycles. The molecule has 0 spiro atoms. The Bertz CT molecular complexity index is 663. The van der Waals surface area contributed by atoms with Crippen molar-refractivity contribution in [2.24, 2.45) is 0 Å². The van der Waals surface area contributed by atoms with Gasteiger partial charge in [0.25, 0.3) is 0 Å². The van der Waals surface area contributed by atoms with Crippen LogP contribution in [-0.4, -0.2) is 58.9 Å². The smallest absolute Gasteiger partial charge is 0.407 e. The molecule has 1 fully saturated rings. The Morgan fingerprint density at radius 3 is 2.57 bits per heavy atom. The Kier molecular flexibility index (Phi) is 4.83. The zero-order chi connectivity index (χ0) is 16.2. The van der Waals surface area contributed by atoms with E-state index in [0.29, 0.717) is 18.1 Å². The number of carbonyl (C=O) groups is 1. The fourth-order valence-electron chi connectivity index (χ4n) is 2.62. The third-order valence-corrected chi connectivity index (χ3v) is 4.27. The summed E-state index contributed by atoms with van der Waals surface area (Å²) in [6, 6.07) is 9.42. The minimum atomic E-state index is -0.840. The van der Waals surface area contributed by atoms with E-state index in [-0.39, 0.29) is 0 Å². The van der Waals surface area contributed by atoms with Crippen LogP contribution in [0, 0.1) is 0 Å². The summed E-state index contributed by atoms with van der Waals surface area (Å²) >= 11 is 5.88. The van der Waals surface area contributed by atoms with Gasteiger partial charge in [0.05, 0.1) is 0 Å². The summed E-state index contributed by atoms with van der Waals surface area (Å²) in [5, 5.41) is 13.7. The molecule has 2 aromatic rings. The topological polar surface area (TPSA) is 69.8 Å². The number of carboxylic acid groups (broad SMARTS) is 1. The summed E-state index contributed by atoms with van der Waals surface area (Å²) in [6.07, 6.45) is -0.0827. The van der Waals surface area contributed by atoms with Gasteiger partial charge in [-0.05, 0) is 12.1 Å². The first kappa shape index (κ1) is 15.8. The molecule has 23 heavy (non-hydrogen) atoms. The second-order valence-electron chi connectivity index (χ2n) is 5.55. The van der Waals surface area contributed by atoms with Crippen molar-refractivity contribution in [3.63, 3.8) is 0 Å². The number of halogens is 1. The minimum Gasteiger partial charge on any atom is -0.465 e. The maximum atomic E-state index is 10.9. The lowest BCUT2D eigenvalue weighted by atomic mass is 10.1. The lowest BCUT2D eigenvalue weighted by molar-refractivity contribution is 0.105. The van der Waals surface area contributed by atoms with E-state index in [4.69, 9.17) is 21.2 Å². The summed E-state index contributed by atoms with van der Waals surface area (Å²) in [6.45, 7) is 3.46. The predicted octanol–water partition coefficient (Wildman–Crippen LogP) is 2.83. The van der Waals surface area contributed by atoms with Gasteiger partial charge in [0.15, 0.2) is 0 Å². The molecule has 0 bridgehead atoms. The van der Waals surface area contributed by atoms with E-state index in [0.717, 1.165) is 43.1 Å². The molecule has 6 nitrogen and oxygen atoms in total. The number of amides is 1. The third-order valence-electron chi connectivity index (χ3n) is 4.02. The van der Waals surface area contributed by atoms with Gasteiger partial charge in [-0.1, -0.05) is 28.9 Å². The second-order valence-corrected chi connectivity index (χ2v) is 5.98. The maximum Gasteiger partial charge on any atom is 0.407 e. The summed E-state index contributed by atoms with van der Waals surface area (Å²) in [5.74, 6) is 0.829. The van der Waals surface area contributed by atoms with E-state index in [2.05, 4.69) is 10.1 Å². The number of benzene rings is 1. The molecule has 7 heteroatoms. The molecule has 1 saturated heterocycles. The van der Waals surface area contributed by atoms with Gasteiger partial charge in [-0.3, -0.25) is 4.90 Å². The lowest BCUT2D eigenvalue weighted by Crippen LogP contribution is -2.48. The highest BCUT2D eigenvalue weighted by Gasteiger charge is 2.20. The van der Waals surface area contributed by atoms with Crippen LogP contribution in [0.5, 0.6) is 0 Å². The molecule has 1 aliphatic rings. The van der Waals surface area contributed by atoms with Crippen molar-refractivity contribution in [3.05, 3.63) is 41.1 Å². The molecule has 1 amide bonds. The van der Waals surface area contributed by atoms with Gasteiger partial charge < -0.3 is 14.5 Å². The second kappa shape index (κ2) is 7.02. The molecule has 1 aromatic heterocycles. The zero-order valence-corrected chi connectivity index (χ0v) is 13.4. The molecule has 0 saturated carbocycles. The molecule has 0 radical (unpaired) electrons. The number of hydrogen-bond acceptors (Lipinski definition) is 4. The molecule has 0 atom stereocenters. The average molecular weight is 336 g/mol. The number of hydrogen-bond donors (Lipinski definition) is 1. The van der Waals surface area contributed by atoms with Crippen molar-refractivity contribution in [2.45, 2.75) is 6.42 Å². The highest BCUT2D eigenvalue weighted by Crippen LogP contribution is 2.21. The monoisotopic (exact) mass is 335 g/mol. The van der Waals surface area contributed by atoms with Gasteiger partial charge in [0.1, 0.15) is 11.5 Å². The van der Waals surface area contributed by atoms with Crippen molar-refractivity contribution in [1.29, 1.82) is 0 Å². The first-order chi connectivity index (χ1) is 11.1. The molecule has 3 rings (SSSR count). The summed E-state index contributed by atoms with van der Waals surface area (Å²) in [7, 11) is 0. The van der Waals surface area contributed by atoms with Crippen LogP contribution in [0.1, 0.15) is 5.76 Å². The van der Waals surface area contributed by atoms with Crippen LogP contribution in [0.4, 0.5) is 4.79 Å². The Morgan fingerprint density at radius 1 is 1.22 bits per heavy atom. The van der Waals surface area contributed by atoms with Crippen molar-refractivity contribution >= 4 is 17.7 Å². The first-order valence-electron chi connectivity index (χ1n) is 7.53. The van der Waals surface area contributed by atoms with Crippen LogP contribution >= 0.6 is 11.6 Å². The average Bonchev–Trinajstić information content (AvgIpc) is 3.03. The molecule has 0 aliphatic carbocycles. The van der Waals surface area contributed by atoms with Crippen molar-refractivity contribution < 1.29 is 14.4 Å². The van der Waals surface area contributed by atoms with E-state index in [1.54, 1.807) is 0 Å². The molecule has 1 aromatic carbocycles. The van der Waals surface area contributed by atoms with Crippen molar-refractivity contribution in [1.82, 2.24) is 15.0 Å². The van der Waals surface area contributed by atoms with Gasteiger partial charge in [0.2, 0.25) is 0 Å². The number of aromatic nitrogens is 1. The van der Waals surface area contributed by atoms with Gasteiger partial charge in [-0.2, -0.15) is 0 Å². The Morgan fingerprint density at radius 2 is 1.91 bits per heavy atom. The Hall–Kier alpha value is -2.05. The van der Waals surface area contributed by atoms with E-state index in [1.807, 2.05) is 30.3 Å². The zero-order valence-electron chi connectivity index (χ0n) is 12.6. The van der Waals surface area contributed by atoms with Crippen LogP contribution in [0.25, 0.3) is 11.3 Å². The summed E-state index contributed by atoms with van der Waals surface area (Å²) in [5.41, 5.74) is 1.77.